The highest BCUT2D eigenvalue weighted by Gasteiger charge is 2.27. The smallest absolute Gasteiger partial charge is 0.264 e. The molecule has 162 valence electrons. The van der Waals surface area contributed by atoms with E-state index in [4.69, 9.17) is 16.3 Å². The third kappa shape index (κ3) is 5.34. The number of anilines is 2. The van der Waals surface area contributed by atoms with Crippen LogP contribution in [-0.2, 0) is 14.8 Å². The van der Waals surface area contributed by atoms with Gasteiger partial charge in [-0.05, 0) is 61.5 Å². The lowest BCUT2D eigenvalue weighted by atomic mass is 10.2. The minimum Gasteiger partial charge on any atom is -0.495 e. The Bertz CT molecular complexity index is 1180. The van der Waals surface area contributed by atoms with Crippen LogP contribution in [0.3, 0.4) is 0 Å². The summed E-state index contributed by atoms with van der Waals surface area (Å²) in [7, 11) is -2.62. The third-order valence-electron chi connectivity index (χ3n) is 4.45. The SMILES string of the molecule is COc1ccc(NC(=O)CN(c2ccc(F)cc2)S(=O)(=O)c2ccc(C)cc2)cc1Cl. The fourth-order valence-electron chi connectivity index (χ4n) is 2.83. The summed E-state index contributed by atoms with van der Waals surface area (Å²) in [5.74, 6) is -0.676. The highest BCUT2D eigenvalue weighted by atomic mass is 35.5. The Morgan fingerprint density at radius 1 is 1.06 bits per heavy atom. The van der Waals surface area contributed by atoms with Gasteiger partial charge in [-0.1, -0.05) is 29.3 Å². The van der Waals surface area contributed by atoms with Gasteiger partial charge in [0.2, 0.25) is 5.91 Å². The molecule has 3 aromatic carbocycles. The van der Waals surface area contributed by atoms with Gasteiger partial charge in [-0.25, -0.2) is 12.8 Å². The average Bonchev–Trinajstić information content (AvgIpc) is 2.73. The molecule has 0 spiro atoms. The molecule has 6 nitrogen and oxygen atoms in total. The fraction of sp³-hybridized carbons (Fsp3) is 0.136. The van der Waals surface area contributed by atoms with Crippen molar-refractivity contribution in [2.24, 2.45) is 0 Å². The van der Waals surface area contributed by atoms with Gasteiger partial charge >= 0.3 is 0 Å². The number of nitrogens with zero attached hydrogens (tertiary/aromatic N) is 1. The van der Waals surface area contributed by atoms with Crippen molar-refractivity contribution in [1.29, 1.82) is 0 Å². The molecule has 0 aromatic heterocycles. The zero-order valence-corrected chi connectivity index (χ0v) is 18.4. The van der Waals surface area contributed by atoms with E-state index < -0.39 is 28.3 Å². The number of aryl methyl sites for hydroxylation is 1. The monoisotopic (exact) mass is 462 g/mol. The van der Waals surface area contributed by atoms with Crippen LogP contribution in [-0.4, -0.2) is 28.0 Å². The Balaban J connectivity index is 1.91. The first-order valence-electron chi connectivity index (χ1n) is 9.19. The minimum atomic E-state index is -4.09. The molecular formula is C22H20ClFN2O4S. The highest BCUT2D eigenvalue weighted by molar-refractivity contribution is 7.92. The molecule has 0 radical (unpaired) electrons. The van der Waals surface area contributed by atoms with Crippen molar-refractivity contribution in [3.63, 3.8) is 0 Å². The number of amides is 1. The van der Waals surface area contributed by atoms with Gasteiger partial charge in [0.15, 0.2) is 0 Å². The van der Waals surface area contributed by atoms with Gasteiger partial charge < -0.3 is 10.1 Å². The summed E-state index contributed by atoms with van der Waals surface area (Å²) in [6, 6.07) is 15.8. The van der Waals surface area contributed by atoms with E-state index >= 15 is 0 Å². The standard InChI is InChI=1S/C22H20ClFN2O4S/c1-15-3-10-19(11-4-15)31(28,29)26(18-8-5-16(24)6-9-18)14-22(27)25-17-7-12-21(30-2)20(23)13-17/h3-13H,14H2,1-2H3,(H,25,27). The molecule has 1 N–H and O–H groups in total. The van der Waals surface area contributed by atoms with Crippen LogP contribution in [0.2, 0.25) is 5.02 Å². The number of ether oxygens (including phenoxy) is 1. The summed E-state index contributed by atoms with van der Waals surface area (Å²) < 4.78 is 45.9. The molecule has 3 rings (SSSR count). The number of carbonyl (C=O) groups excluding carboxylic acids is 1. The van der Waals surface area contributed by atoms with Crippen LogP contribution in [0.5, 0.6) is 5.75 Å². The van der Waals surface area contributed by atoms with Crippen molar-refractivity contribution in [2.75, 3.05) is 23.3 Å². The molecule has 0 heterocycles. The van der Waals surface area contributed by atoms with Gasteiger partial charge in [0.1, 0.15) is 18.1 Å². The zero-order valence-electron chi connectivity index (χ0n) is 16.8. The fourth-order valence-corrected chi connectivity index (χ4v) is 4.51. The first kappa shape index (κ1) is 22.6. The molecule has 0 aliphatic heterocycles. The molecule has 1 amide bonds. The van der Waals surface area contributed by atoms with Gasteiger partial charge in [-0.2, -0.15) is 0 Å². The molecule has 0 aliphatic carbocycles. The predicted molar refractivity (Wildman–Crippen MR) is 119 cm³/mol. The van der Waals surface area contributed by atoms with Crippen molar-refractivity contribution in [2.45, 2.75) is 11.8 Å². The molecular weight excluding hydrogens is 443 g/mol. The van der Waals surface area contributed by atoms with Crippen LogP contribution < -0.4 is 14.4 Å². The molecule has 9 heteroatoms. The molecule has 31 heavy (non-hydrogen) atoms. The number of nitrogens with one attached hydrogen (secondary N) is 1. The summed E-state index contributed by atoms with van der Waals surface area (Å²) in [6.07, 6.45) is 0. The lowest BCUT2D eigenvalue weighted by Gasteiger charge is -2.24. The van der Waals surface area contributed by atoms with Crippen molar-refractivity contribution in [1.82, 2.24) is 0 Å². The van der Waals surface area contributed by atoms with E-state index in [-0.39, 0.29) is 10.6 Å². The van der Waals surface area contributed by atoms with Gasteiger partial charge in [0.05, 0.1) is 22.7 Å². The van der Waals surface area contributed by atoms with Crippen LogP contribution >= 0.6 is 11.6 Å². The number of hydrogen-bond acceptors (Lipinski definition) is 4. The summed E-state index contributed by atoms with van der Waals surface area (Å²) in [5, 5.41) is 2.91. The van der Waals surface area contributed by atoms with Crippen LogP contribution in [0.4, 0.5) is 15.8 Å². The van der Waals surface area contributed by atoms with E-state index in [1.165, 1.54) is 37.4 Å². The first-order valence-corrected chi connectivity index (χ1v) is 11.0. The number of carbonyl (C=O) groups is 1. The van der Waals surface area contributed by atoms with Crippen molar-refractivity contribution < 1.29 is 22.3 Å². The quantitative estimate of drug-likeness (QED) is 0.555. The Hall–Kier alpha value is -3.10. The summed E-state index contributed by atoms with van der Waals surface area (Å²) in [6.45, 7) is 1.31. The summed E-state index contributed by atoms with van der Waals surface area (Å²) in [4.78, 5) is 12.7. The first-order chi connectivity index (χ1) is 14.7. The zero-order chi connectivity index (χ0) is 22.6. The molecule has 0 fully saturated rings. The molecule has 0 saturated carbocycles. The molecule has 0 bridgehead atoms. The maximum atomic E-state index is 13.4. The Kier molecular flexibility index (Phi) is 6.82. The van der Waals surface area contributed by atoms with E-state index in [1.807, 2.05) is 6.92 Å². The van der Waals surface area contributed by atoms with Gasteiger partial charge in [0.25, 0.3) is 10.0 Å². The summed E-state index contributed by atoms with van der Waals surface area (Å²) >= 11 is 6.08. The van der Waals surface area contributed by atoms with E-state index in [0.717, 1.165) is 22.0 Å². The third-order valence-corrected chi connectivity index (χ3v) is 6.53. The number of benzene rings is 3. The predicted octanol–water partition coefficient (Wildman–Crippen LogP) is 4.63. The Morgan fingerprint density at radius 2 is 1.71 bits per heavy atom. The molecule has 0 aliphatic rings. The minimum absolute atomic E-state index is 0.0164. The number of hydrogen-bond donors (Lipinski definition) is 1. The second-order valence-corrected chi connectivity index (χ2v) is 8.97. The second-order valence-electron chi connectivity index (χ2n) is 6.70. The van der Waals surface area contributed by atoms with Gasteiger partial charge in [0, 0.05) is 5.69 Å². The van der Waals surface area contributed by atoms with Crippen molar-refractivity contribution >= 4 is 38.9 Å². The van der Waals surface area contributed by atoms with E-state index in [9.17, 15) is 17.6 Å². The van der Waals surface area contributed by atoms with E-state index in [0.29, 0.717) is 16.5 Å². The number of rotatable bonds is 7. The number of halogens is 2. The van der Waals surface area contributed by atoms with E-state index in [1.54, 1.807) is 24.3 Å². The van der Waals surface area contributed by atoms with Crippen LogP contribution in [0.25, 0.3) is 0 Å². The molecule has 0 unspecified atom stereocenters. The van der Waals surface area contributed by atoms with E-state index in [2.05, 4.69) is 5.32 Å². The maximum absolute atomic E-state index is 13.4. The molecule has 0 saturated heterocycles. The molecule has 3 aromatic rings. The van der Waals surface area contributed by atoms with Crippen LogP contribution in [0, 0.1) is 12.7 Å². The van der Waals surface area contributed by atoms with Crippen molar-refractivity contribution in [3.05, 3.63) is 83.1 Å². The van der Waals surface area contributed by atoms with Gasteiger partial charge in [-0.3, -0.25) is 9.10 Å². The normalized spacial score (nSPS) is 11.1. The second kappa shape index (κ2) is 9.36. The maximum Gasteiger partial charge on any atom is 0.264 e. The summed E-state index contributed by atoms with van der Waals surface area (Å²) in [5.41, 5.74) is 1.42. The largest absolute Gasteiger partial charge is 0.495 e. The lowest BCUT2D eigenvalue weighted by molar-refractivity contribution is -0.114. The van der Waals surface area contributed by atoms with Crippen LogP contribution in [0.1, 0.15) is 5.56 Å². The average molecular weight is 463 g/mol. The number of sulfonamides is 1. The van der Waals surface area contributed by atoms with Crippen molar-refractivity contribution in [3.8, 4) is 5.75 Å². The number of methoxy groups -OCH3 is 1. The highest BCUT2D eigenvalue weighted by Crippen LogP contribution is 2.28. The van der Waals surface area contributed by atoms with Crippen LogP contribution in [0.15, 0.2) is 71.6 Å². The lowest BCUT2D eigenvalue weighted by Crippen LogP contribution is -2.38. The van der Waals surface area contributed by atoms with Gasteiger partial charge in [-0.15, -0.1) is 0 Å². The Labute approximate surface area is 185 Å². The Morgan fingerprint density at radius 3 is 2.29 bits per heavy atom. The molecule has 0 atom stereocenters. The topological polar surface area (TPSA) is 75.7 Å².